The van der Waals surface area contributed by atoms with E-state index >= 15 is 0 Å². The SMILES string of the molecule is CC1CC(=NNC(=O)COc2ccccc2F)CC(C)(C)C1. The molecule has 0 aliphatic heterocycles. The number of halogens is 1. The number of ether oxygens (including phenoxy) is 1. The Kier molecular flexibility index (Phi) is 5.16. The van der Waals surface area contributed by atoms with Crippen molar-refractivity contribution in [3.8, 4) is 5.75 Å². The van der Waals surface area contributed by atoms with Crippen LogP contribution in [0.4, 0.5) is 4.39 Å². The summed E-state index contributed by atoms with van der Waals surface area (Å²) in [6, 6.07) is 6.00. The second-order valence-electron chi connectivity index (χ2n) is 6.79. The van der Waals surface area contributed by atoms with E-state index in [0.717, 1.165) is 25.0 Å². The summed E-state index contributed by atoms with van der Waals surface area (Å²) in [6.45, 7) is 6.36. The van der Waals surface area contributed by atoms with Gasteiger partial charge in [-0.05, 0) is 42.7 Å². The Morgan fingerprint density at radius 3 is 2.86 bits per heavy atom. The van der Waals surface area contributed by atoms with Crippen LogP contribution in [0.25, 0.3) is 0 Å². The molecule has 0 aromatic heterocycles. The Bertz CT molecular complexity index is 570. The minimum atomic E-state index is -0.482. The first-order chi connectivity index (χ1) is 10.4. The van der Waals surface area contributed by atoms with Crippen LogP contribution in [-0.4, -0.2) is 18.2 Å². The maximum absolute atomic E-state index is 13.4. The number of rotatable bonds is 4. The maximum atomic E-state index is 13.4. The molecule has 4 nitrogen and oxygen atoms in total. The molecule has 120 valence electrons. The van der Waals surface area contributed by atoms with E-state index in [9.17, 15) is 9.18 Å². The van der Waals surface area contributed by atoms with Gasteiger partial charge in [0.1, 0.15) is 0 Å². The molecule has 1 atom stereocenters. The lowest BCUT2D eigenvalue weighted by molar-refractivity contribution is -0.123. The van der Waals surface area contributed by atoms with Gasteiger partial charge in [0.25, 0.3) is 5.91 Å². The zero-order chi connectivity index (χ0) is 16.2. The van der Waals surface area contributed by atoms with E-state index in [1.54, 1.807) is 12.1 Å². The molecule has 0 heterocycles. The number of amides is 1. The van der Waals surface area contributed by atoms with Crippen molar-refractivity contribution in [2.45, 2.75) is 40.0 Å². The van der Waals surface area contributed by atoms with Crippen molar-refractivity contribution in [2.75, 3.05) is 6.61 Å². The molecule has 1 aromatic rings. The number of para-hydroxylation sites is 1. The van der Waals surface area contributed by atoms with Crippen molar-refractivity contribution >= 4 is 11.6 Å². The van der Waals surface area contributed by atoms with Crippen LogP contribution in [0.15, 0.2) is 29.4 Å². The molecular formula is C17H23FN2O2. The largest absolute Gasteiger partial charge is 0.481 e. The lowest BCUT2D eigenvalue weighted by atomic mass is 9.72. The van der Waals surface area contributed by atoms with E-state index in [-0.39, 0.29) is 23.7 Å². The van der Waals surface area contributed by atoms with Crippen molar-refractivity contribution in [3.05, 3.63) is 30.1 Å². The average Bonchev–Trinajstić information content (AvgIpc) is 2.42. The highest BCUT2D eigenvalue weighted by Crippen LogP contribution is 2.36. The van der Waals surface area contributed by atoms with Gasteiger partial charge in [0.2, 0.25) is 0 Å². The fourth-order valence-electron chi connectivity index (χ4n) is 3.08. The summed E-state index contributed by atoms with van der Waals surface area (Å²) in [5.74, 6) is -0.233. The molecule has 1 aliphatic rings. The first kappa shape index (κ1) is 16.5. The van der Waals surface area contributed by atoms with Gasteiger partial charge in [-0.25, -0.2) is 9.82 Å². The molecule has 1 unspecified atom stereocenters. The van der Waals surface area contributed by atoms with Crippen LogP contribution in [0, 0.1) is 17.2 Å². The molecule has 1 fully saturated rings. The van der Waals surface area contributed by atoms with Crippen molar-refractivity contribution in [1.82, 2.24) is 5.43 Å². The normalized spacial score (nSPS) is 22.4. The molecule has 1 amide bonds. The monoisotopic (exact) mass is 306 g/mol. The highest BCUT2D eigenvalue weighted by atomic mass is 19.1. The van der Waals surface area contributed by atoms with Gasteiger partial charge in [-0.15, -0.1) is 0 Å². The van der Waals surface area contributed by atoms with E-state index in [0.29, 0.717) is 5.92 Å². The summed E-state index contributed by atoms with van der Waals surface area (Å²) in [5.41, 5.74) is 3.72. The Hall–Kier alpha value is -1.91. The van der Waals surface area contributed by atoms with Crippen molar-refractivity contribution in [3.63, 3.8) is 0 Å². The van der Waals surface area contributed by atoms with Crippen molar-refractivity contribution < 1.29 is 13.9 Å². The minimum Gasteiger partial charge on any atom is -0.481 e. The van der Waals surface area contributed by atoms with Gasteiger partial charge in [0.05, 0.1) is 0 Å². The van der Waals surface area contributed by atoms with Gasteiger partial charge in [-0.1, -0.05) is 32.9 Å². The Balaban J connectivity index is 1.85. The van der Waals surface area contributed by atoms with E-state index in [4.69, 9.17) is 4.74 Å². The van der Waals surface area contributed by atoms with Crippen LogP contribution in [0.5, 0.6) is 5.75 Å². The molecule has 0 radical (unpaired) electrons. The van der Waals surface area contributed by atoms with Gasteiger partial charge >= 0.3 is 0 Å². The molecule has 0 spiro atoms. The standard InChI is InChI=1S/C17H23FN2O2/c1-12-8-13(10-17(2,3)9-12)19-20-16(21)11-22-15-7-5-4-6-14(15)18/h4-7,12H,8-11H2,1-3H3,(H,20,21). The van der Waals surface area contributed by atoms with Crippen LogP contribution in [-0.2, 0) is 4.79 Å². The Morgan fingerprint density at radius 1 is 1.45 bits per heavy atom. The number of carbonyl (C=O) groups is 1. The maximum Gasteiger partial charge on any atom is 0.277 e. The van der Waals surface area contributed by atoms with Crippen LogP contribution in [0.1, 0.15) is 40.0 Å². The van der Waals surface area contributed by atoms with Crippen LogP contribution >= 0.6 is 0 Å². The van der Waals surface area contributed by atoms with Gasteiger partial charge in [0, 0.05) is 5.71 Å². The van der Waals surface area contributed by atoms with Crippen LogP contribution < -0.4 is 10.2 Å². The molecule has 0 saturated heterocycles. The molecule has 1 aliphatic carbocycles. The Morgan fingerprint density at radius 2 is 2.18 bits per heavy atom. The van der Waals surface area contributed by atoms with E-state index in [1.165, 1.54) is 12.1 Å². The van der Waals surface area contributed by atoms with E-state index in [2.05, 4.69) is 31.3 Å². The predicted molar refractivity (Wildman–Crippen MR) is 84.3 cm³/mol. The third-order valence-electron chi connectivity index (χ3n) is 3.70. The first-order valence-electron chi connectivity index (χ1n) is 7.57. The van der Waals surface area contributed by atoms with Crippen molar-refractivity contribution in [1.29, 1.82) is 0 Å². The summed E-state index contributed by atoms with van der Waals surface area (Å²) in [7, 11) is 0. The molecular weight excluding hydrogens is 283 g/mol. The zero-order valence-corrected chi connectivity index (χ0v) is 13.4. The smallest absolute Gasteiger partial charge is 0.277 e. The fourth-order valence-corrected chi connectivity index (χ4v) is 3.08. The van der Waals surface area contributed by atoms with Gasteiger partial charge in [-0.3, -0.25) is 4.79 Å². The van der Waals surface area contributed by atoms with Gasteiger partial charge in [0.15, 0.2) is 18.2 Å². The molecule has 5 heteroatoms. The lowest BCUT2D eigenvalue weighted by Crippen LogP contribution is -2.31. The predicted octanol–water partition coefficient (Wildman–Crippen LogP) is 3.52. The topological polar surface area (TPSA) is 50.7 Å². The second-order valence-corrected chi connectivity index (χ2v) is 6.79. The highest BCUT2D eigenvalue weighted by molar-refractivity contribution is 5.87. The molecule has 1 saturated carbocycles. The van der Waals surface area contributed by atoms with Crippen LogP contribution in [0.2, 0.25) is 0 Å². The number of benzene rings is 1. The van der Waals surface area contributed by atoms with E-state index < -0.39 is 5.82 Å². The molecule has 0 bridgehead atoms. The Labute approximate surface area is 130 Å². The summed E-state index contributed by atoms with van der Waals surface area (Å²) < 4.78 is 18.5. The van der Waals surface area contributed by atoms with E-state index in [1.807, 2.05) is 0 Å². The van der Waals surface area contributed by atoms with Gasteiger partial charge in [-0.2, -0.15) is 5.10 Å². The van der Waals surface area contributed by atoms with Crippen molar-refractivity contribution in [2.24, 2.45) is 16.4 Å². The fraction of sp³-hybridized carbons (Fsp3) is 0.529. The second kappa shape index (κ2) is 6.90. The van der Waals surface area contributed by atoms with Crippen LogP contribution in [0.3, 0.4) is 0 Å². The highest BCUT2D eigenvalue weighted by Gasteiger charge is 2.29. The number of carbonyl (C=O) groups excluding carboxylic acids is 1. The minimum absolute atomic E-state index is 0.0673. The molecule has 2 rings (SSSR count). The average molecular weight is 306 g/mol. The number of nitrogens with zero attached hydrogens (tertiary/aromatic N) is 1. The quantitative estimate of drug-likeness (QED) is 0.865. The zero-order valence-electron chi connectivity index (χ0n) is 13.4. The summed E-state index contributed by atoms with van der Waals surface area (Å²) in [6.07, 6.45) is 2.94. The summed E-state index contributed by atoms with van der Waals surface area (Å²) in [4.78, 5) is 11.7. The molecule has 1 N–H and O–H groups in total. The molecule has 1 aromatic carbocycles. The summed E-state index contributed by atoms with van der Waals surface area (Å²) >= 11 is 0. The molecule has 22 heavy (non-hydrogen) atoms. The number of hydrogen-bond donors (Lipinski definition) is 1. The third-order valence-corrected chi connectivity index (χ3v) is 3.70. The summed E-state index contributed by atoms with van der Waals surface area (Å²) in [5, 5.41) is 4.21. The number of hydrazone groups is 1. The third kappa shape index (κ3) is 4.83. The number of nitrogens with one attached hydrogen (secondary N) is 1. The number of hydrogen-bond acceptors (Lipinski definition) is 3. The van der Waals surface area contributed by atoms with Gasteiger partial charge < -0.3 is 4.74 Å². The lowest BCUT2D eigenvalue weighted by Gasteiger charge is -2.34. The first-order valence-corrected chi connectivity index (χ1v) is 7.57.